The fourth-order valence-electron chi connectivity index (χ4n) is 2.63. The van der Waals surface area contributed by atoms with Crippen LogP contribution in [-0.4, -0.2) is 27.4 Å². The molecule has 0 bridgehead atoms. The average molecular weight is 362 g/mol. The normalized spacial score (nSPS) is 16.8. The Morgan fingerprint density at radius 3 is 2.46 bits per heavy atom. The maximum absolute atomic E-state index is 12.9. The van der Waals surface area contributed by atoms with Crippen molar-refractivity contribution >= 4 is 41.9 Å². The highest BCUT2D eigenvalue weighted by Crippen LogP contribution is 2.35. The molecular formula is C17H16ClN3O2S. The lowest BCUT2D eigenvalue weighted by molar-refractivity contribution is -0.123. The summed E-state index contributed by atoms with van der Waals surface area (Å²) in [4.78, 5) is 33.0. The van der Waals surface area contributed by atoms with E-state index in [1.165, 1.54) is 4.90 Å². The number of anilines is 1. The average Bonchev–Trinajstić information content (AvgIpc) is 2.72. The number of benzene rings is 1. The summed E-state index contributed by atoms with van der Waals surface area (Å²) in [6, 6.07) is 8.18. The van der Waals surface area contributed by atoms with Crippen molar-refractivity contribution in [2.45, 2.75) is 30.8 Å². The molecule has 2 heterocycles. The van der Waals surface area contributed by atoms with E-state index in [1.54, 1.807) is 49.3 Å². The SMILES string of the molecule is CC1(C)C(=O)N(c2ccc(S)c(Cl)c2)C(=O)N1Cc1ccncc1. The molecule has 1 aliphatic heterocycles. The van der Waals surface area contributed by atoms with Gasteiger partial charge in [0.2, 0.25) is 0 Å². The summed E-state index contributed by atoms with van der Waals surface area (Å²) < 4.78 is 0. The van der Waals surface area contributed by atoms with Gasteiger partial charge in [0.25, 0.3) is 5.91 Å². The Morgan fingerprint density at radius 2 is 1.83 bits per heavy atom. The summed E-state index contributed by atoms with van der Waals surface area (Å²) in [7, 11) is 0. The number of carbonyl (C=O) groups is 2. The van der Waals surface area contributed by atoms with E-state index in [9.17, 15) is 9.59 Å². The highest BCUT2D eigenvalue weighted by molar-refractivity contribution is 7.80. The summed E-state index contributed by atoms with van der Waals surface area (Å²) in [6.45, 7) is 3.81. The Hall–Kier alpha value is -2.05. The number of hydrogen-bond donors (Lipinski definition) is 1. The molecule has 0 spiro atoms. The van der Waals surface area contributed by atoms with Gasteiger partial charge in [-0.1, -0.05) is 11.6 Å². The summed E-state index contributed by atoms with van der Waals surface area (Å²) in [5, 5.41) is 0.391. The molecule has 0 radical (unpaired) electrons. The molecular weight excluding hydrogens is 346 g/mol. The molecule has 3 rings (SSSR count). The third-order valence-corrected chi connectivity index (χ3v) is 4.94. The van der Waals surface area contributed by atoms with E-state index in [1.807, 2.05) is 12.1 Å². The smallest absolute Gasteiger partial charge is 0.305 e. The highest BCUT2D eigenvalue weighted by Gasteiger charge is 2.51. The second-order valence-corrected chi connectivity index (χ2v) is 6.95. The number of urea groups is 1. The number of aromatic nitrogens is 1. The van der Waals surface area contributed by atoms with Crippen molar-refractivity contribution in [1.82, 2.24) is 9.88 Å². The fraction of sp³-hybridized carbons (Fsp3) is 0.235. The van der Waals surface area contributed by atoms with E-state index in [4.69, 9.17) is 11.6 Å². The predicted octanol–water partition coefficient (Wildman–Crippen LogP) is 3.77. The largest absolute Gasteiger partial charge is 0.332 e. The molecule has 3 amide bonds. The maximum atomic E-state index is 12.9. The topological polar surface area (TPSA) is 53.5 Å². The lowest BCUT2D eigenvalue weighted by Crippen LogP contribution is -2.43. The van der Waals surface area contributed by atoms with Crippen LogP contribution >= 0.6 is 24.2 Å². The van der Waals surface area contributed by atoms with Gasteiger partial charge in [0.15, 0.2) is 0 Å². The van der Waals surface area contributed by atoms with Gasteiger partial charge in [-0.25, -0.2) is 9.69 Å². The van der Waals surface area contributed by atoms with E-state index in [2.05, 4.69) is 17.6 Å². The number of thiol groups is 1. The van der Waals surface area contributed by atoms with Crippen LogP contribution in [0.1, 0.15) is 19.4 Å². The van der Waals surface area contributed by atoms with E-state index < -0.39 is 5.54 Å². The fourth-order valence-corrected chi connectivity index (χ4v) is 2.95. The molecule has 1 fully saturated rings. The molecule has 2 aromatic rings. The first-order valence-corrected chi connectivity index (χ1v) is 8.18. The molecule has 0 atom stereocenters. The van der Waals surface area contributed by atoms with Crippen LogP contribution in [0.3, 0.4) is 0 Å². The Morgan fingerprint density at radius 1 is 1.17 bits per heavy atom. The maximum Gasteiger partial charge on any atom is 0.332 e. The second-order valence-electron chi connectivity index (χ2n) is 6.06. The van der Waals surface area contributed by atoms with Crippen molar-refractivity contribution in [1.29, 1.82) is 0 Å². The zero-order chi connectivity index (χ0) is 17.5. The Balaban J connectivity index is 1.97. The summed E-state index contributed by atoms with van der Waals surface area (Å²) in [5.74, 6) is -0.287. The van der Waals surface area contributed by atoms with Crippen LogP contribution in [0.25, 0.3) is 0 Å². The molecule has 1 aromatic heterocycles. The van der Waals surface area contributed by atoms with Gasteiger partial charge in [0.1, 0.15) is 5.54 Å². The van der Waals surface area contributed by atoms with Gasteiger partial charge < -0.3 is 4.90 Å². The van der Waals surface area contributed by atoms with Crippen molar-refractivity contribution in [3.63, 3.8) is 0 Å². The second kappa shape index (κ2) is 6.11. The molecule has 7 heteroatoms. The zero-order valence-corrected chi connectivity index (χ0v) is 14.9. The van der Waals surface area contributed by atoms with Crippen LogP contribution in [0.4, 0.5) is 10.5 Å². The number of pyridine rings is 1. The minimum Gasteiger partial charge on any atom is -0.305 e. The monoisotopic (exact) mass is 361 g/mol. The van der Waals surface area contributed by atoms with Gasteiger partial charge >= 0.3 is 6.03 Å². The number of carbonyl (C=O) groups excluding carboxylic acids is 2. The Bertz CT molecular complexity index is 811. The van der Waals surface area contributed by atoms with Gasteiger partial charge in [-0.15, -0.1) is 12.6 Å². The molecule has 124 valence electrons. The third-order valence-electron chi connectivity index (χ3n) is 4.10. The number of halogens is 1. The van der Waals surface area contributed by atoms with Crippen molar-refractivity contribution in [2.24, 2.45) is 0 Å². The van der Waals surface area contributed by atoms with Crippen molar-refractivity contribution in [2.75, 3.05) is 4.90 Å². The molecule has 0 unspecified atom stereocenters. The van der Waals surface area contributed by atoms with Gasteiger partial charge in [0, 0.05) is 23.8 Å². The predicted molar refractivity (Wildman–Crippen MR) is 95.4 cm³/mol. The van der Waals surface area contributed by atoms with Crippen LogP contribution in [0, 0.1) is 0 Å². The Labute approximate surface area is 150 Å². The molecule has 5 nitrogen and oxygen atoms in total. The molecule has 1 aromatic carbocycles. The molecule has 0 saturated carbocycles. The first-order chi connectivity index (χ1) is 11.3. The molecule has 0 N–H and O–H groups in total. The first-order valence-electron chi connectivity index (χ1n) is 7.36. The zero-order valence-electron chi connectivity index (χ0n) is 13.2. The summed E-state index contributed by atoms with van der Waals surface area (Å²) in [6.07, 6.45) is 3.32. The number of rotatable bonds is 3. The number of amides is 3. The molecule has 24 heavy (non-hydrogen) atoms. The van der Waals surface area contributed by atoms with E-state index in [0.717, 1.165) is 5.56 Å². The van der Waals surface area contributed by atoms with Crippen LogP contribution in [0.5, 0.6) is 0 Å². The summed E-state index contributed by atoms with van der Waals surface area (Å²) in [5.41, 5.74) is 0.398. The van der Waals surface area contributed by atoms with Crippen molar-refractivity contribution in [3.05, 3.63) is 53.3 Å². The molecule has 1 aliphatic rings. The quantitative estimate of drug-likeness (QED) is 0.668. The minimum atomic E-state index is -0.952. The van der Waals surface area contributed by atoms with Gasteiger partial charge in [-0.05, 0) is 49.7 Å². The van der Waals surface area contributed by atoms with Crippen LogP contribution in [0.2, 0.25) is 5.02 Å². The molecule has 1 saturated heterocycles. The highest BCUT2D eigenvalue weighted by atomic mass is 35.5. The van der Waals surface area contributed by atoms with Crippen molar-refractivity contribution in [3.8, 4) is 0 Å². The number of hydrogen-bond acceptors (Lipinski definition) is 4. The van der Waals surface area contributed by atoms with E-state index >= 15 is 0 Å². The summed E-state index contributed by atoms with van der Waals surface area (Å²) >= 11 is 10.3. The molecule has 0 aliphatic carbocycles. The number of nitrogens with zero attached hydrogens (tertiary/aromatic N) is 3. The lowest BCUT2D eigenvalue weighted by Gasteiger charge is -2.27. The van der Waals surface area contributed by atoms with Crippen molar-refractivity contribution < 1.29 is 9.59 Å². The van der Waals surface area contributed by atoms with Crippen LogP contribution in [0.15, 0.2) is 47.6 Å². The van der Waals surface area contributed by atoms with E-state index in [-0.39, 0.29) is 11.9 Å². The van der Waals surface area contributed by atoms with Gasteiger partial charge in [-0.2, -0.15) is 0 Å². The van der Waals surface area contributed by atoms with E-state index in [0.29, 0.717) is 22.2 Å². The minimum absolute atomic E-state index is 0.287. The third kappa shape index (κ3) is 2.76. The van der Waals surface area contributed by atoms with Crippen LogP contribution < -0.4 is 4.90 Å². The van der Waals surface area contributed by atoms with Gasteiger partial charge in [0.05, 0.1) is 10.7 Å². The van der Waals surface area contributed by atoms with Gasteiger partial charge in [-0.3, -0.25) is 9.78 Å². The number of imide groups is 1. The lowest BCUT2D eigenvalue weighted by atomic mass is 10.0. The standard InChI is InChI=1S/C17H16ClN3O2S/c1-17(2)15(22)21(12-3-4-14(24)13(18)9-12)16(23)20(17)10-11-5-7-19-8-6-11/h3-9,24H,10H2,1-2H3. The van der Waals surface area contributed by atoms with Crippen LogP contribution in [-0.2, 0) is 11.3 Å². The Kier molecular flexibility index (Phi) is 4.27. The first kappa shape index (κ1) is 16.8.